The number of guanidine groups is 1. The summed E-state index contributed by atoms with van der Waals surface area (Å²) < 4.78 is 11.1. The Labute approximate surface area is 149 Å². The molecule has 6 heteroatoms. The Balaban J connectivity index is 1.71. The number of aryl methyl sites for hydroxylation is 2. The van der Waals surface area contributed by atoms with Gasteiger partial charge in [-0.15, -0.1) is 0 Å². The molecular weight excluding hydrogens is 316 g/mol. The molecule has 1 aromatic heterocycles. The fourth-order valence-corrected chi connectivity index (χ4v) is 2.54. The van der Waals surface area contributed by atoms with Crippen LogP contribution in [-0.2, 0) is 30.7 Å². The minimum absolute atomic E-state index is 0.614. The maximum atomic E-state index is 5.67. The van der Waals surface area contributed by atoms with Crippen molar-refractivity contribution in [2.75, 3.05) is 20.2 Å². The molecule has 0 atom stereocenters. The normalized spacial score (nSPS) is 11.6. The molecule has 0 unspecified atom stereocenters. The molecule has 6 nitrogen and oxygen atoms in total. The van der Waals surface area contributed by atoms with E-state index < -0.39 is 0 Å². The Kier molecular flexibility index (Phi) is 7.98. The highest BCUT2D eigenvalue weighted by Gasteiger charge is 2.13. The first-order valence-corrected chi connectivity index (χ1v) is 8.80. The molecule has 0 saturated carbocycles. The van der Waals surface area contributed by atoms with E-state index in [9.17, 15) is 0 Å². The van der Waals surface area contributed by atoms with E-state index in [0.717, 1.165) is 35.8 Å². The molecule has 25 heavy (non-hydrogen) atoms. The minimum Gasteiger partial charge on any atom is -0.375 e. The standard InChI is InChI=1S/C19H28N4O2/c1-4-17-16(18(5-2)25-23-17)13-22-19(20-3)21-11-12-24-14-15-9-7-6-8-10-15/h6-10H,4-5,11-14H2,1-3H3,(H2,20,21,22). The predicted molar refractivity (Wildman–Crippen MR) is 99.6 cm³/mol. The largest absolute Gasteiger partial charge is 0.375 e. The summed E-state index contributed by atoms with van der Waals surface area (Å²) in [4.78, 5) is 4.24. The summed E-state index contributed by atoms with van der Waals surface area (Å²) in [5, 5.41) is 10.7. The monoisotopic (exact) mass is 344 g/mol. The van der Waals surface area contributed by atoms with Crippen molar-refractivity contribution in [2.45, 2.75) is 39.8 Å². The Morgan fingerprint density at radius 3 is 2.64 bits per heavy atom. The highest BCUT2D eigenvalue weighted by Crippen LogP contribution is 2.15. The van der Waals surface area contributed by atoms with Crippen molar-refractivity contribution >= 4 is 5.96 Å². The van der Waals surface area contributed by atoms with Gasteiger partial charge in [0.15, 0.2) is 5.96 Å². The molecule has 2 rings (SSSR count). The molecule has 0 amide bonds. The van der Waals surface area contributed by atoms with E-state index in [1.165, 1.54) is 5.56 Å². The summed E-state index contributed by atoms with van der Waals surface area (Å²) >= 11 is 0. The van der Waals surface area contributed by atoms with Crippen LogP contribution in [0.4, 0.5) is 0 Å². The van der Waals surface area contributed by atoms with Crippen LogP contribution in [0.15, 0.2) is 39.8 Å². The molecule has 0 aliphatic rings. The van der Waals surface area contributed by atoms with Crippen molar-refractivity contribution in [3.63, 3.8) is 0 Å². The maximum absolute atomic E-state index is 5.67. The third-order valence-electron chi connectivity index (χ3n) is 3.91. The zero-order chi connectivity index (χ0) is 17.9. The number of hydrogen-bond acceptors (Lipinski definition) is 4. The lowest BCUT2D eigenvalue weighted by atomic mass is 10.1. The van der Waals surface area contributed by atoms with Crippen LogP contribution in [0.2, 0.25) is 0 Å². The van der Waals surface area contributed by atoms with Crippen LogP contribution < -0.4 is 10.6 Å². The molecule has 2 aromatic rings. The number of aliphatic imine (C=N–C) groups is 1. The summed E-state index contributed by atoms with van der Waals surface area (Å²) in [5.74, 6) is 1.68. The van der Waals surface area contributed by atoms with Gasteiger partial charge in [-0.1, -0.05) is 49.3 Å². The van der Waals surface area contributed by atoms with Crippen LogP contribution >= 0.6 is 0 Å². The van der Waals surface area contributed by atoms with Crippen LogP contribution in [-0.4, -0.2) is 31.3 Å². The Morgan fingerprint density at radius 1 is 1.16 bits per heavy atom. The van der Waals surface area contributed by atoms with Gasteiger partial charge in [0.25, 0.3) is 0 Å². The van der Waals surface area contributed by atoms with Crippen LogP contribution in [0, 0.1) is 0 Å². The second-order valence-corrected chi connectivity index (χ2v) is 5.63. The first kappa shape index (κ1) is 19.0. The first-order valence-electron chi connectivity index (χ1n) is 8.80. The number of aromatic nitrogens is 1. The molecule has 0 radical (unpaired) electrons. The van der Waals surface area contributed by atoms with Gasteiger partial charge in [0.1, 0.15) is 5.76 Å². The van der Waals surface area contributed by atoms with Gasteiger partial charge < -0.3 is 19.9 Å². The SMILES string of the molecule is CCc1noc(CC)c1CNC(=NC)NCCOCc1ccccc1. The van der Waals surface area contributed by atoms with Gasteiger partial charge in [-0.05, 0) is 12.0 Å². The van der Waals surface area contributed by atoms with E-state index in [2.05, 4.69) is 46.8 Å². The second-order valence-electron chi connectivity index (χ2n) is 5.63. The fourth-order valence-electron chi connectivity index (χ4n) is 2.54. The molecule has 0 aliphatic carbocycles. The summed E-state index contributed by atoms with van der Waals surface area (Å²) in [6.45, 7) is 6.73. The number of nitrogens with one attached hydrogen (secondary N) is 2. The molecule has 0 fully saturated rings. The third kappa shape index (κ3) is 5.90. The van der Waals surface area contributed by atoms with Crippen molar-refractivity contribution in [1.82, 2.24) is 15.8 Å². The molecular formula is C19H28N4O2. The van der Waals surface area contributed by atoms with Gasteiger partial charge >= 0.3 is 0 Å². The number of ether oxygens (including phenoxy) is 1. The molecule has 1 heterocycles. The number of nitrogens with zero attached hydrogens (tertiary/aromatic N) is 2. The Morgan fingerprint density at radius 2 is 1.96 bits per heavy atom. The van der Waals surface area contributed by atoms with E-state index in [1.807, 2.05) is 18.2 Å². The highest BCUT2D eigenvalue weighted by molar-refractivity contribution is 5.79. The van der Waals surface area contributed by atoms with Crippen molar-refractivity contribution in [3.8, 4) is 0 Å². The van der Waals surface area contributed by atoms with Gasteiger partial charge in [-0.2, -0.15) is 0 Å². The first-order chi connectivity index (χ1) is 12.3. The fraction of sp³-hybridized carbons (Fsp3) is 0.474. The summed E-state index contributed by atoms with van der Waals surface area (Å²) in [6.07, 6.45) is 1.70. The second kappa shape index (κ2) is 10.5. The van der Waals surface area contributed by atoms with E-state index in [4.69, 9.17) is 9.26 Å². The van der Waals surface area contributed by atoms with Crippen LogP contribution in [0.5, 0.6) is 0 Å². The summed E-state index contributed by atoms with van der Waals surface area (Å²) in [7, 11) is 1.76. The van der Waals surface area contributed by atoms with E-state index in [0.29, 0.717) is 26.3 Å². The predicted octanol–water partition coefficient (Wildman–Crippen LogP) is 2.68. The highest BCUT2D eigenvalue weighted by atomic mass is 16.5. The molecule has 1 aromatic carbocycles. The van der Waals surface area contributed by atoms with Gasteiger partial charge in [-0.3, -0.25) is 4.99 Å². The maximum Gasteiger partial charge on any atom is 0.191 e. The lowest BCUT2D eigenvalue weighted by Crippen LogP contribution is -2.38. The van der Waals surface area contributed by atoms with Gasteiger partial charge in [0.2, 0.25) is 0 Å². The summed E-state index contributed by atoms with van der Waals surface area (Å²) in [6, 6.07) is 10.2. The van der Waals surface area contributed by atoms with Crippen molar-refractivity contribution in [1.29, 1.82) is 0 Å². The number of rotatable bonds is 9. The molecule has 0 saturated heterocycles. The average Bonchev–Trinajstić information content (AvgIpc) is 3.06. The lowest BCUT2D eigenvalue weighted by molar-refractivity contribution is 0.125. The van der Waals surface area contributed by atoms with Crippen molar-refractivity contribution < 1.29 is 9.26 Å². The van der Waals surface area contributed by atoms with Gasteiger partial charge in [-0.25, -0.2) is 0 Å². The molecule has 136 valence electrons. The van der Waals surface area contributed by atoms with Gasteiger partial charge in [0.05, 0.1) is 18.9 Å². The van der Waals surface area contributed by atoms with E-state index in [1.54, 1.807) is 7.05 Å². The quantitative estimate of drug-likeness (QED) is 0.416. The molecule has 2 N–H and O–H groups in total. The average molecular weight is 344 g/mol. The Hall–Kier alpha value is -2.34. The topological polar surface area (TPSA) is 71.7 Å². The smallest absolute Gasteiger partial charge is 0.191 e. The molecule has 0 aliphatic heterocycles. The lowest BCUT2D eigenvalue weighted by Gasteiger charge is -2.12. The molecule has 0 bridgehead atoms. The van der Waals surface area contributed by atoms with E-state index in [-0.39, 0.29) is 0 Å². The van der Waals surface area contributed by atoms with Crippen LogP contribution in [0.3, 0.4) is 0 Å². The van der Waals surface area contributed by atoms with Gasteiger partial charge in [0, 0.05) is 32.1 Å². The van der Waals surface area contributed by atoms with Crippen molar-refractivity contribution in [3.05, 3.63) is 52.9 Å². The minimum atomic E-state index is 0.614. The zero-order valence-electron chi connectivity index (χ0n) is 15.3. The Bertz CT molecular complexity index is 631. The number of benzene rings is 1. The van der Waals surface area contributed by atoms with Crippen molar-refractivity contribution in [2.24, 2.45) is 4.99 Å². The van der Waals surface area contributed by atoms with E-state index >= 15 is 0 Å². The third-order valence-corrected chi connectivity index (χ3v) is 3.91. The number of hydrogen-bond donors (Lipinski definition) is 2. The zero-order valence-corrected chi connectivity index (χ0v) is 15.3. The van der Waals surface area contributed by atoms with Crippen LogP contribution in [0.25, 0.3) is 0 Å². The van der Waals surface area contributed by atoms with Crippen LogP contribution in [0.1, 0.15) is 36.4 Å². The molecule has 0 spiro atoms. The summed E-state index contributed by atoms with van der Waals surface area (Å²) in [5.41, 5.74) is 3.32.